The van der Waals surface area contributed by atoms with Crippen LogP contribution in [0.3, 0.4) is 0 Å². The van der Waals surface area contributed by atoms with Gasteiger partial charge in [0.2, 0.25) is 5.91 Å². The molecule has 27 heavy (non-hydrogen) atoms. The highest BCUT2D eigenvalue weighted by Crippen LogP contribution is 2.45. The number of hydrogen-bond donors (Lipinski definition) is 0. The van der Waals surface area contributed by atoms with E-state index < -0.39 is 0 Å². The van der Waals surface area contributed by atoms with Crippen molar-refractivity contribution in [2.45, 2.75) is 31.4 Å². The molecule has 0 radical (unpaired) electrons. The summed E-state index contributed by atoms with van der Waals surface area (Å²) in [6.07, 6.45) is 0. The number of hydrogen-bond acceptors (Lipinski definition) is 4. The summed E-state index contributed by atoms with van der Waals surface area (Å²) in [6, 6.07) is 7.65. The van der Waals surface area contributed by atoms with E-state index in [1.165, 1.54) is 34.7 Å². The number of rotatable bonds is 6. The van der Waals surface area contributed by atoms with Crippen LogP contribution in [0.5, 0.6) is 0 Å². The van der Waals surface area contributed by atoms with Crippen LogP contribution in [0.2, 0.25) is 0 Å². The molecule has 0 N–H and O–H groups in total. The van der Waals surface area contributed by atoms with Crippen LogP contribution < -0.4 is 0 Å². The predicted octanol–water partition coefficient (Wildman–Crippen LogP) is 4.32. The zero-order valence-electron chi connectivity index (χ0n) is 15.6. The molecule has 2 amide bonds. The average molecular weight is 407 g/mol. The third kappa shape index (κ3) is 4.19. The number of benzene rings is 1. The van der Waals surface area contributed by atoms with Crippen molar-refractivity contribution in [2.24, 2.45) is 0 Å². The van der Waals surface area contributed by atoms with Gasteiger partial charge in [-0.05, 0) is 62.0 Å². The van der Waals surface area contributed by atoms with Gasteiger partial charge in [0.1, 0.15) is 11.2 Å². The highest BCUT2D eigenvalue weighted by Gasteiger charge is 2.39. The molecule has 1 saturated heterocycles. The number of carbonyl (C=O) groups is 2. The first-order valence-electron chi connectivity index (χ1n) is 8.97. The summed E-state index contributed by atoms with van der Waals surface area (Å²) in [4.78, 5) is 30.1. The van der Waals surface area contributed by atoms with Gasteiger partial charge >= 0.3 is 0 Å². The van der Waals surface area contributed by atoms with Crippen LogP contribution in [0.15, 0.2) is 35.7 Å². The van der Waals surface area contributed by atoms with Crippen LogP contribution in [0.4, 0.5) is 4.39 Å². The minimum absolute atomic E-state index is 0.00660. The van der Waals surface area contributed by atoms with Crippen molar-refractivity contribution in [3.05, 3.63) is 57.5 Å². The van der Waals surface area contributed by atoms with E-state index in [1.807, 2.05) is 24.1 Å². The van der Waals surface area contributed by atoms with Crippen molar-refractivity contribution in [2.75, 3.05) is 19.6 Å². The Labute approximate surface area is 167 Å². The largest absolute Gasteiger partial charge is 0.337 e. The summed E-state index contributed by atoms with van der Waals surface area (Å²) in [5.41, 5.74) is 1.65. The monoisotopic (exact) mass is 406 g/mol. The van der Waals surface area contributed by atoms with E-state index in [2.05, 4.69) is 13.0 Å². The van der Waals surface area contributed by atoms with Crippen LogP contribution in [0.1, 0.15) is 40.0 Å². The molecule has 3 rings (SSSR count). The van der Waals surface area contributed by atoms with Gasteiger partial charge < -0.3 is 9.80 Å². The number of carbonyl (C=O) groups excluding carboxylic acids is 2. The molecule has 1 aromatic carbocycles. The molecular weight excluding hydrogens is 383 g/mol. The molecule has 1 aliphatic heterocycles. The van der Waals surface area contributed by atoms with Crippen LogP contribution >= 0.6 is 23.1 Å². The second kappa shape index (κ2) is 8.44. The van der Waals surface area contributed by atoms with Gasteiger partial charge in [0.25, 0.3) is 5.91 Å². The summed E-state index contributed by atoms with van der Waals surface area (Å²) < 4.78 is 13.1. The molecule has 0 bridgehead atoms. The molecule has 0 saturated carbocycles. The fourth-order valence-electron chi connectivity index (χ4n) is 3.15. The molecule has 1 aromatic heterocycles. The molecule has 2 heterocycles. The zero-order chi connectivity index (χ0) is 19.6. The highest BCUT2D eigenvalue weighted by atomic mass is 32.2. The lowest BCUT2D eigenvalue weighted by Gasteiger charge is -2.28. The SMILES string of the molecule is CCN(CCN1C(=O)[C@@H](C)S[C@@H]1c1sccc1C)C(=O)c1ccc(F)cc1. The van der Waals surface area contributed by atoms with Crippen molar-refractivity contribution in [1.29, 1.82) is 0 Å². The van der Waals surface area contributed by atoms with Gasteiger partial charge in [-0.25, -0.2) is 4.39 Å². The minimum atomic E-state index is -0.363. The summed E-state index contributed by atoms with van der Waals surface area (Å²) in [5, 5.41) is 1.97. The lowest BCUT2D eigenvalue weighted by atomic mass is 10.2. The van der Waals surface area contributed by atoms with Gasteiger partial charge in [0, 0.05) is 30.1 Å². The average Bonchev–Trinajstić information content (AvgIpc) is 3.20. The number of likely N-dealkylation sites (N-methyl/N-ethyl adjacent to an activating group) is 1. The maximum absolute atomic E-state index is 13.1. The number of thioether (sulfide) groups is 1. The Morgan fingerprint density at radius 2 is 1.96 bits per heavy atom. The first kappa shape index (κ1) is 19.9. The first-order chi connectivity index (χ1) is 12.9. The number of aryl methyl sites for hydroxylation is 1. The van der Waals surface area contributed by atoms with Gasteiger partial charge in [-0.3, -0.25) is 9.59 Å². The second-order valence-corrected chi connectivity index (χ2v) is 8.90. The number of amides is 2. The van der Waals surface area contributed by atoms with E-state index in [1.54, 1.807) is 28.0 Å². The molecule has 1 fully saturated rings. The summed E-state index contributed by atoms with van der Waals surface area (Å²) in [5.74, 6) is -0.394. The predicted molar refractivity (Wildman–Crippen MR) is 109 cm³/mol. The molecule has 2 aromatic rings. The van der Waals surface area contributed by atoms with E-state index in [0.29, 0.717) is 25.2 Å². The molecule has 0 aliphatic carbocycles. The van der Waals surface area contributed by atoms with Crippen LogP contribution in [-0.4, -0.2) is 46.5 Å². The fourth-order valence-corrected chi connectivity index (χ4v) is 5.70. The number of nitrogens with zero attached hydrogens (tertiary/aromatic N) is 2. The van der Waals surface area contributed by atoms with E-state index in [4.69, 9.17) is 0 Å². The summed E-state index contributed by atoms with van der Waals surface area (Å²) in [6.45, 7) is 7.37. The Kier molecular flexibility index (Phi) is 6.22. The van der Waals surface area contributed by atoms with Crippen molar-refractivity contribution >= 4 is 34.9 Å². The molecule has 144 valence electrons. The van der Waals surface area contributed by atoms with Crippen molar-refractivity contribution in [3.63, 3.8) is 0 Å². The molecule has 0 spiro atoms. The molecular formula is C20H23FN2O2S2. The number of halogens is 1. The van der Waals surface area contributed by atoms with Gasteiger partial charge in [-0.2, -0.15) is 0 Å². The van der Waals surface area contributed by atoms with E-state index in [0.717, 1.165) is 0 Å². The Balaban J connectivity index is 1.72. The van der Waals surface area contributed by atoms with Crippen molar-refractivity contribution in [1.82, 2.24) is 9.80 Å². The smallest absolute Gasteiger partial charge is 0.253 e. The fraction of sp³-hybridized carbons (Fsp3) is 0.400. The Hall–Kier alpha value is -1.86. The molecule has 0 unspecified atom stereocenters. The zero-order valence-corrected chi connectivity index (χ0v) is 17.3. The quantitative estimate of drug-likeness (QED) is 0.717. The van der Waals surface area contributed by atoms with Crippen molar-refractivity contribution in [3.8, 4) is 0 Å². The minimum Gasteiger partial charge on any atom is -0.337 e. The van der Waals surface area contributed by atoms with Crippen molar-refractivity contribution < 1.29 is 14.0 Å². The second-order valence-electron chi connectivity index (χ2n) is 6.52. The third-order valence-electron chi connectivity index (χ3n) is 4.74. The maximum atomic E-state index is 13.1. The van der Waals surface area contributed by atoms with E-state index >= 15 is 0 Å². The Morgan fingerprint density at radius 1 is 1.26 bits per heavy atom. The number of thiophene rings is 1. The maximum Gasteiger partial charge on any atom is 0.253 e. The normalized spacial score (nSPS) is 19.6. The topological polar surface area (TPSA) is 40.6 Å². The molecule has 7 heteroatoms. The Morgan fingerprint density at radius 3 is 2.56 bits per heavy atom. The van der Waals surface area contributed by atoms with E-state index in [-0.39, 0.29) is 28.3 Å². The van der Waals surface area contributed by atoms with Gasteiger partial charge in [-0.15, -0.1) is 23.1 Å². The van der Waals surface area contributed by atoms with Crippen LogP contribution in [-0.2, 0) is 4.79 Å². The molecule has 1 aliphatic rings. The van der Waals surface area contributed by atoms with E-state index in [9.17, 15) is 14.0 Å². The highest BCUT2D eigenvalue weighted by molar-refractivity contribution is 8.01. The third-order valence-corrected chi connectivity index (χ3v) is 7.32. The van der Waals surface area contributed by atoms with Crippen LogP contribution in [0.25, 0.3) is 0 Å². The van der Waals surface area contributed by atoms with Gasteiger partial charge in [0.05, 0.1) is 5.25 Å². The first-order valence-corrected chi connectivity index (χ1v) is 10.8. The summed E-state index contributed by atoms with van der Waals surface area (Å²) in [7, 11) is 0. The Bertz CT molecular complexity index is 822. The lowest BCUT2D eigenvalue weighted by Crippen LogP contribution is -2.40. The van der Waals surface area contributed by atoms with Gasteiger partial charge in [0.15, 0.2) is 0 Å². The van der Waals surface area contributed by atoms with Crippen LogP contribution in [0, 0.1) is 12.7 Å². The van der Waals surface area contributed by atoms with Gasteiger partial charge in [-0.1, -0.05) is 0 Å². The molecule has 2 atom stereocenters. The standard InChI is InChI=1S/C20H23FN2O2S2/c1-4-22(19(25)15-5-7-16(21)8-6-15)10-11-23-18(24)14(3)27-20(23)17-13(2)9-12-26-17/h5-9,12,14,20H,4,10-11H2,1-3H3/t14-,20-/m1/s1. The molecule has 4 nitrogen and oxygen atoms in total. The summed E-state index contributed by atoms with van der Waals surface area (Å²) >= 11 is 3.33. The lowest BCUT2D eigenvalue weighted by molar-refractivity contribution is -0.129.